The summed E-state index contributed by atoms with van der Waals surface area (Å²) in [5.74, 6) is 0.902. The number of aryl methyl sites for hydroxylation is 1. The van der Waals surface area contributed by atoms with Gasteiger partial charge < -0.3 is 25.1 Å². The summed E-state index contributed by atoms with van der Waals surface area (Å²) >= 11 is 3.62. The molecule has 0 aliphatic heterocycles. The SMILES string of the molecule is COc1ccc(Br)c(CNCCc2c[nH]c3ccccc23)c1OCC(=O)Nc1ccc(C)cc1. The van der Waals surface area contributed by atoms with Gasteiger partial charge in [0.15, 0.2) is 18.1 Å². The molecule has 0 aliphatic rings. The van der Waals surface area contributed by atoms with E-state index >= 15 is 0 Å². The first-order chi connectivity index (χ1) is 16.5. The smallest absolute Gasteiger partial charge is 0.262 e. The van der Waals surface area contributed by atoms with Crippen LogP contribution in [0.5, 0.6) is 11.5 Å². The molecule has 0 atom stereocenters. The lowest BCUT2D eigenvalue weighted by Gasteiger charge is -2.17. The first-order valence-corrected chi connectivity index (χ1v) is 11.9. The van der Waals surface area contributed by atoms with Gasteiger partial charge in [0.2, 0.25) is 0 Å². The van der Waals surface area contributed by atoms with Crippen LogP contribution in [0, 0.1) is 6.92 Å². The summed E-state index contributed by atoms with van der Waals surface area (Å²) in [6, 6.07) is 19.7. The van der Waals surface area contributed by atoms with E-state index in [0.717, 1.165) is 39.8 Å². The van der Waals surface area contributed by atoms with Crippen LogP contribution in [-0.4, -0.2) is 31.2 Å². The van der Waals surface area contributed by atoms with Crippen molar-refractivity contribution in [1.29, 1.82) is 0 Å². The molecule has 3 aromatic carbocycles. The van der Waals surface area contributed by atoms with E-state index in [2.05, 4.69) is 55.9 Å². The van der Waals surface area contributed by atoms with Gasteiger partial charge in [-0.3, -0.25) is 4.79 Å². The standard InChI is InChI=1S/C27H28BrN3O3/c1-18-7-9-20(10-8-18)31-26(32)17-34-27-22(23(28)11-12-25(27)33-2)16-29-14-13-19-15-30-24-6-4-3-5-21(19)24/h3-12,15,29-30H,13-14,16-17H2,1-2H3,(H,31,32). The van der Waals surface area contributed by atoms with Crippen LogP contribution in [0.3, 0.4) is 0 Å². The Labute approximate surface area is 207 Å². The number of aromatic nitrogens is 1. The molecule has 4 aromatic rings. The molecule has 0 saturated heterocycles. The third kappa shape index (κ3) is 5.79. The largest absolute Gasteiger partial charge is 0.493 e. The monoisotopic (exact) mass is 521 g/mol. The van der Waals surface area contributed by atoms with Crippen LogP contribution in [0.15, 0.2) is 71.3 Å². The van der Waals surface area contributed by atoms with Gasteiger partial charge in [-0.15, -0.1) is 0 Å². The number of anilines is 1. The summed E-state index contributed by atoms with van der Waals surface area (Å²) in [6.07, 6.45) is 2.95. The molecule has 34 heavy (non-hydrogen) atoms. The lowest BCUT2D eigenvalue weighted by molar-refractivity contribution is -0.118. The molecular weight excluding hydrogens is 494 g/mol. The number of nitrogens with one attached hydrogen (secondary N) is 3. The highest BCUT2D eigenvalue weighted by atomic mass is 79.9. The number of aromatic amines is 1. The number of rotatable bonds is 10. The Bertz CT molecular complexity index is 1270. The Kier molecular flexibility index (Phi) is 7.87. The minimum atomic E-state index is -0.232. The van der Waals surface area contributed by atoms with Crippen molar-refractivity contribution in [2.75, 3.05) is 25.6 Å². The predicted molar refractivity (Wildman–Crippen MR) is 140 cm³/mol. The molecule has 1 aromatic heterocycles. The van der Waals surface area contributed by atoms with Gasteiger partial charge in [0.05, 0.1) is 7.11 Å². The second kappa shape index (κ2) is 11.2. The molecule has 1 heterocycles. The van der Waals surface area contributed by atoms with Gasteiger partial charge in [-0.1, -0.05) is 51.8 Å². The van der Waals surface area contributed by atoms with E-state index in [4.69, 9.17) is 9.47 Å². The highest BCUT2D eigenvalue weighted by molar-refractivity contribution is 9.10. The maximum absolute atomic E-state index is 12.5. The average Bonchev–Trinajstić information content (AvgIpc) is 3.26. The van der Waals surface area contributed by atoms with E-state index in [0.29, 0.717) is 18.0 Å². The summed E-state index contributed by atoms with van der Waals surface area (Å²) in [5, 5.41) is 7.59. The normalized spacial score (nSPS) is 10.9. The fraction of sp³-hybridized carbons (Fsp3) is 0.222. The highest BCUT2D eigenvalue weighted by Crippen LogP contribution is 2.36. The van der Waals surface area contributed by atoms with Crippen molar-refractivity contribution >= 4 is 38.4 Å². The fourth-order valence-electron chi connectivity index (χ4n) is 3.81. The maximum atomic E-state index is 12.5. The molecule has 0 bridgehead atoms. The maximum Gasteiger partial charge on any atom is 0.262 e. The van der Waals surface area contributed by atoms with Crippen molar-refractivity contribution in [1.82, 2.24) is 10.3 Å². The minimum Gasteiger partial charge on any atom is -0.493 e. The Hall–Kier alpha value is -3.29. The highest BCUT2D eigenvalue weighted by Gasteiger charge is 2.16. The fourth-order valence-corrected chi connectivity index (χ4v) is 4.26. The lowest BCUT2D eigenvalue weighted by atomic mass is 10.1. The van der Waals surface area contributed by atoms with Gasteiger partial charge >= 0.3 is 0 Å². The molecule has 3 N–H and O–H groups in total. The zero-order chi connectivity index (χ0) is 23.9. The van der Waals surface area contributed by atoms with Crippen LogP contribution in [-0.2, 0) is 17.8 Å². The summed E-state index contributed by atoms with van der Waals surface area (Å²) in [7, 11) is 1.59. The molecule has 6 nitrogen and oxygen atoms in total. The third-order valence-electron chi connectivity index (χ3n) is 5.62. The van der Waals surface area contributed by atoms with Gasteiger partial charge in [0.25, 0.3) is 5.91 Å². The van der Waals surface area contributed by atoms with E-state index in [9.17, 15) is 4.79 Å². The van der Waals surface area contributed by atoms with Gasteiger partial charge in [-0.25, -0.2) is 0 Å². The third-order valence-corrected chi connectivity index (χ3v) is 6.36. The first kappa shape index (κ1) is 23.9. The topological polar surface area (TPSA) is 75.4 Å². The van der Waals surface area contributed by atoms with Crippen LogP contribution in [0.2, 0.25) is 0 Å². The number of fused-ring (bicyclic) bond motifs is 1. The number of para-hydroxylation sites is 1. The van der Waals surface area contributed by atoms with Crippen molar-refractivity contribution in [3.8, 4) is 11.5 Å². The van der Waals surface area contributed by atoms with E-state index in [-0.39, 0.29) is 12.5 Å². The number of benzene rings is 3. The molecule has 4 rings (SSSR count). The number of carbonyl (C=O) groups excluding carboxylic acids is 1. The van der Waals surface area contributed by atoms with E-state index < -0.39 is 0 Å². The average molecular weight is 522 g/mol. The van der Waals surface area contributed by atoms with Gasteiger partial charge in [-0.2, -0.15) is 0 Å². The quantitative estimate of drug-likeness (QED) is 0.237. The van der Waals surface area contributed by atoms with E-state index in [1.807, 2.05) is 49.4 Å². The number of H-pyrrole nitrogens is 1. The van der Waals surface area contributed by atoms with Crippen molar-refractivity contribution in [3.63, 3.8) is 0 Å². The van der Waals surface area contributed by atoms with Crippen molar-refractivity contribution < 1.29 is 14.3 Å². The van der Waals surface area contributed by atoms with Crippen LogP contribution in [0.25, 0.3) is 10.9 Å². The molecule has 176 valence electrons. The van der Waals surface area contributed by atoms with Crippen molar-refractivity contribution in [3.05, 3.63) is 88.0 Å². The minimum absolute atomic E-state index is 0.122. The predicted octanol–water partition coefficient (Wildman–Crippen LogP) is 5.60. The number of methoxy groups -OCH3 is 1. The number of hydrogen-bond acceptors (Lipinski definition) is 4. The van der Waals surface area contributed by atoms with Crippen LogP contribution in [0.1, 0.15) is 16.7 Å². The zero-order valence-electron chi connectivity index (χ0n) is 19.3. The summed E-state index contributed by atoms with van der Waals surface area (Å²) in [6.45, 7) is 3.24. The Morgan fingerprint density at radius 3 is 2.65 bits per heavy atom. The molecule has 7 heteroatoms. The van der Waals surface area contributed by atoms with Crippen LogP contribution < -0.4 is 20.1 Å². The number of amides is 1. The number of ether oxygens (including phenoxy) is 2. The Balaban J connectivity index is 1.38. The van der Waals surface area contributed by atoms with Crippen LogP contribution >= 0.6 is 15.9 Å². The Morgan fingerprint density at radius 1 is 1.06 bits per heavy atom. The number of carbonyl (C=O) groups is 1. The molecule has 0 saturated carbocycles. The second-order valence-corrected chi connectivity index (χ2v) is 8.90. The number of hydrogen-bond donors (Lipinski definition) is 3. The molecule has 0 fully saturated rings. The van der Waals surface area contributed by atoms with Gasteiger partial charge in [0.1, 0.15) is 0 Å². The summed E-state index contributed by atoms with van der Waals surface area (Å²) in [4.78, 5) is 15.8. The van der Waals surface area contributed by atoms with Crippen LogP contribution in [0.4, 0.5) is 5.69 Å². The molecule has 0 spiro atoms. The molecule has 1 amide bonds. The lowest BCUT2D eigenvalue weighted by Crippen LogP contribution is -2.22. The van der Waals surface area contributed by atoms with E-state index in [1.54, 1.807) is 7.11 Å². The first-order valence-electron chi connectivity index (χ1n) is 11.2. The molecule has 0 unspecified atom stereocenters. The van der Waals surface area contributed by atoms with Crippen molar-refractivity contribution in [2.45, 2.75) is 19.9 Å². The number of halogens is 1. The summed E-state index contributed by atoms with van der Waals surface area (Å²) in [5.41, 5.74) is 5.20. The molecule has 0 radical (unpaired) electrons. The molecule has 0 aliphatic carbocycles. The molecular formula is C27H28BrN3O3. The van der Waals surface area contributed by atoms with Gasteiger partial charge in [0, 0.05) is 39.4 Å². The van der Waals surface area contributed by atoms with Crippen molar-refractivity contribution in [2.24, 2.45) is 0 Å². The summed E-state index contributed by atoms with van der Waals surface area (Å²) < 4.78 is 12.3. The van der Waals surface area contributed by atoms with Gasteiger partial charge in [-0.05, 0) is 55.8 Å². The second-order valence-electron chi connectivity index (χ2n) is 8.05. The Morgan fingerprint density at radius 2 is 1.85 bits per heavy atom. The zero-order valence-corrected chi connectivity index (χ0v) is 20.9. The van der Waals surface area contributed by atoms with E-state index in [1.165, 1.54) is 10.9 Å².